The van der Waals surface area contributed by atoms with Gasteiger partial charge in [0.25, 0.3) is 0 Å². The fourth-order valence-electron chi connectivity index (χ4n) is 2.13. The number of hydrogen-bond donors (Lipinski definition) is 0. The van der Waals surface area contributed by atoms with Crippen LogP contribution >= 0.6 is 15.9 Å². The molecule has 0 N–H and O–H groups in total. The standard InChI is InChI=1S/C13H17BrO3S/c1-8-4-10(5-9(2)13(8)14)17-11-6-12(7-11)18(3,15)16/h4-5,11-12H,6-7H2,1-3H3/t11-,12-. The fraction of sp³-hybridized carbons (Fsp3) is 0.538. The van der Waals surface area contributed by atoms with Gasteiger partial charge in [-0.1, -0.05) is 15.9 Å². The van der Waals surface area contributed by atoms with Gasteiger partial charge in [0.05, 0.1) is 5.25 Å². The van der Waals surface area contributed by atoms with Gasteiger partial charge in [-0.3, -0.25) is 0 Å². The summed E-state index contributed by atoms with van der Waals surface area (Å²) in [6, 6.07) is 3.95. The molecule has 0 spiro atoms. The minimum absolute atomic E-state index is 0.0321. The molecular weight excluding hydrogens is 316 g/mol. The molecule has 0 aromatic heterocycles. The van der Waals surface area contributed by atoms with E-state index in [0.717, 1.165) is 21.3 Å². The molecule has 0 radical (unpaired) electrons. The van der Waals surface area contributed by atoms with Crippen LogP contribution in [0, 0.1) is 13.8 Å². The molecule has 1 aliphatic carbocycles. The Morgan fingerprint density at radius 2 is 1.72 bits per heavy atom. The number of sulfone groups is 1. The van der Waals surface area contributed by atoms with Gasteiger partial charge >= 0.3 is 0 Å². The minimum Gasteiger partial charge on any atom is -0.490 e. The van der Waals surface area contributed by atoms with E-state index >= 15 is 0 Å². The second-order valence-corrected chi connectivity index (χ2v) is 8.15. The predicted molar refractivity (Wildman–Crippen MR) is 75.9 cm³/mol. The maximum atomic E-state index is 11.3. The SMILES string of the molecule is Cc1cc(O[C@H]2C[C@H](S(C)(=O)=O)C2)cc(C)c1Br. The Morgan fingerprint density at radius 1 is 1.22 bits per heavy atom. The highest BCUT2D eigenvalue weighted by atomic mass is 79.9. The lowest BCUT2D eigenvalue weighted by atomic mass is 9.95. The molecule has 1 aromatic rings. The van der Waals surface area contributed by atoms with Gasteiger partial charge in [0.15, 0.2) is 9.84 Å². The molecule has 3 nitrogen and oxygen atoms in total. The highest BCUT2D eigenvalue weighted by Crippen LogP contribution is 2.33. The third kappa shape index (κ3) is 2.88. The smallest absolute Gasteiger partial charge is 0.150 e. The molecule has 0 amide bonds. The molecule has 1 aromatic carbocycles. The normalized spacial score (nSPS) is 23.6. The Balaban J connectivity index is 2.01. The highest BCUT2D eigenvalue weighted by Gasteiger charge is 2.37. The van der Waals surface area contributed by atoms with Crippen LogP contribution in [0.2, 0.25) is 0 Å². The van der Waals surface area contributed by atoms with Crippen molar-refractivity contribution < 1.29 is 13.2 Å². The van der Waals surface area contributed by atoms with Crippen LogP contribution in [-0.2, 0) is 9.84 Å². The molecule has 0 atom stereocenters. The summed E-state index contributed by atoms with van der Waals surface area (Å²) in [7, 11) is -2.90. The number of rotatable bonds is 3. The minimum atomic E-state index is -2.90. The van der Waals surface area contributed by atoms with Crippen molar-refractivity contribution in [1.29, 1.82) is 0 Å². The van der Waals surface area contributed by atoms with Crippen molar-refractivity contribution in [2.75, 3.05) is 6.26 Å². The third-order valence-corrected chi connectivity index (χ3v) is 6.22. The summed E-state index contributed by atoms with van der Waals surface area (Å²) in [6.45, 7) is 4.04. The topological polar surface area (TPSA) is 43.4 Å². The lowest BCUT2D eigenvalue weighted by Crippen LogP contribution is -2.42. The largest absolute Gasteiger partial charge is 0.490 e. The predicted octanol–water partition coefficient (Wildman–Crippen LogP) is 3.02. The van der Waals surface area contributed by atoms with Crippen molar-refractivity contribution in [2.45, 2.75) is 38.0 Å². The lowest BCUT2D eigenvalue weighted by molar-refractivity contribution is 0.123. The monoisotopic (exact) mass is 332 g/mol. The maximum Gasteiger partial charge on any atom is 0.150 e. The lowest BCUT2D eigenvalue weighted by Gasteiger charge is -2.34. The average molecular weight is 333 g/mol. The van der Waals surface area contributed by atoms with Crippen molar-refractivity contribution >= 4 is 25.8 Å². The van der Waals surface area contributed by atoms with Gasteiger partial charge in [0.1, 0.15) is 11.9 Å². The zero-order valence-electron chi connectivity index (χ0n) is 10.7. The Kier molecular flexibility index (Phi) is 3.74. The summed E-state index contributed by atoms with van der Waals surface area (Å²) >= 11 is 3.51. The van der Waals surface area contributed by atoms with Gasteiger partial charge in [-0.15, -0.1) is 0 Å². The molecule has 0 heterocycles. The van der Waals surface area contributed by atoms with Crippen molar-refractivity contribution in [3.8, 4) is 5.75 Å². The van der Waals surface area contributed by atoms with Crippen LogP contribution in [0.4, 0.5) is 0 Å². The first-order valence-electron chi connectivity index (χ1n) is 5.89. The molecule has 1 aliphatic rings. The van der Waals surface area contributed by atoms with Crippen LogP contribution < -0.4 is 4.74 Å². The molecule has 0 unspecified atom stereocenters. The van der Waals surface area contributed by atoms with Gasteiger partial charge in [-0.2, -0.15) is 0 Å². The molecule has 2 rings (SSSR count). The molecular formula is C13H17BrO3S. The van der Waals surface area contributed by atoms with Gasteiger partial charge in [-0.25, -0.2) is 8.42 Å². The fourth-order valence-corrected chi connectivity index (χ4v) is 3.49. The van der Waals surface area contributed by atoms with Crippen molar-refractivity contribution in [3.63, 3.8) is 0 Å². The number of hydrogen-bond acceptors (Lipinski definition) is 3. The Bertz CT molecular complexity index is 537. The number of ether oxygens (including phenoxy) is 1. The van der Waals surface area contributed by atoms with E-state index in [-0.39, 0.29) is 11.4 Å². The van der Waals surface area contributed by atoms with Crippen LogP contribution in [0.3, 0.4) is 0 Å². The van der Waals surface area contributed by atoms with Gasteiger partial charge in [0, 0.05) is 23.6 Å². The zero-order chi connectivity index (χ0) is 13.5. The Hall–Kier alpha value is -0.550. The first-order valence-corrected chi connectivity index (χ1v) is 8.64. The summed E-state index contributed by atoms with van der Waals surface area (Å²) in [5, 5.41) is -0.222. The van der Waals surface area contributed by atoms with Crippen molar-refractivity contribution in [1.82, 2.24) is 0 Å². The number of benzene rings is 1. The first-order chi connectivity index (χ1) is 8.27. The molecule has 0 aliphatic heterocycles. The van der Waals surface area contributed by atoms with Crippen LogP contribution in [0.15, 0.2) is 16.6 Å². The van der Waals surface area contributed by atoms with Crippen LogP contribution in [-0.4, -0.2) is 26.0 Å². The average Bonchev–Trinajstić information content (AvgIpc) is 2.17. The van der Waals surface area contributed by atoms with Crippen LogP contribution in [0.5, 0.6) is 5.75 Å². The molecule has 0 bridgehead atoms. The summed E-state index contributed by atoms with van der Waals surface area (Å²) in [5.41, 5.74) is 2.26. The van der Waals surface area contributed by atoms with E-state index in [4.69, 9.17) is 4.74 Å². The number of aryl methyl sites for hydroxylation is 2. The molecule has 100 valence electrons. The second-order valence-electron chi connectivity index (χ2n) is 5.03. The summed E-state index contributed by atoms with van der Waals surface area (Å²) in [4.78, 5) is 0. The van der Waals surface area contributed by atoms with Gasteiger partial charge in [-0.05, 0) is 37.1 Å². The van der Waals surface area contributed by atoms with E-state index in [2.05, 4.69) is 15.9 Å². The van der Waals surface area contributed by atoms with E-state index in [0.29, 0.717) is 12.8 Å². The van der Waals surface area contributed by atoms with Gasteiger partial charge in [0.2, 0.25) is 0 Å². The zero-order valence-corrected chi connectivity index (χ0v) is 13.1. The van der Waals surface area contributed by atoms with E-state index in [9.17, 15) is 8.42 Å². The van der Waals surface area contributed by atoms with E-state index in [1.165, 1.54) is 6.26 Å². The first kappa shape index (κ1) is 13.9. The molecule has 18 heavy (non-hydrogen) atoms. The van der Waals surface area contributed by atoms with Crippen molar-refractivity contribution in [2.24, 2.45) is 0 Å². The molecule has 1 saturated carbocycles. The summed E-state index contributed by atoms with van der Waals surface area (Å²) in [6.07, 6.45) is 2.53. The quantitative estimate of drug-likeness (QED) is 0.854. The van der Waals surface area contributed by atoms with E-state index in [1.54, 1.807) is 0 Å². The number of halogens is 1. The molecule has 5 heteroatoms. The van der Waals surface area contributed by atoms with Crippen LogP contribution in [0.25, 0.3) is 0 Å². The van der Waals surface area contributed by atoms with Crippen LogP contribution in [0.1, 0.15) is 24.0 Å². The van der Waals surface area contributed by atoms with Gasteiger partial charge < -0.3 is 4.74 Å². The second kappa shape index (κ2) is 4.85. The Morgan fingerprint density at radius 3 is 2.17 bits per heavy atom. The van der Waals surface area contributed by atoms with Crippen molar-refractivity contribution in [3.05, 3.63) is 27.7 Å². The Labute approximate surface area is 117 Å². The summed E-state index contributed by atoms with van der Waals surface area (Å²) < 4.78 is 29.5. The molecule has 1 fully saturated rings. The molecule has 0 saturated heterocycles. The van der Waals surface area contributed by atoms with E-state index < -0.39 is 9.84 Å². The highest BCUT2D eigenvalue weighted by molar-refractivity contribution is 9.10. The maximum absolute atomic E-state index is 11.3. The van der Waals surface area contributed by atoms with E-state index in [1.807, 2.05) is 26.0 Å². The third-order valence-electron chi connectivity index (χ3n) is 3.37. The summed E-state index contributed by atoms with van der Waals surface area (Å²) in [5.74, 6) is 0.824.